The average Bonchev–Trinajstić information content (AvgIpc) is 3.15. The van der Waals surface area contributed by atoms with Crippen molar-refractivity contribution in [3.8, 4) is 0 Å². The molecular formula is C15H17N3O4. The van der Waals surface area contributed by atoms with Crippen LogP contribution in [0.25, 0.3) is 0 Å². The number of nitrogens with one attached hydrogen (secondary N) is 1. The number of hydrogen-bond donors (Lipinski definition) is 2. The van der Waals surface area contributed by atoms with Crippen LogP contribution in [0.5, 0.6) is 0 Å². The fourth-order valence-electron chi connectivity index (χ4n) is 2.83. The van der Waals surface area contributed by atoms with Crippen LogP contribution in [-0.2, 0) is 4.79 Å². The first-order valence-corrected chi connectivity index (χ1v) is 7.24. The fraction of sp³-hybridized carbons (Fsp3) is 0.400. The van der Waals surface area contributed by atoms with Crippen LogP contribution in [0.15, 0.2) is 24.3 Å². The lowest BCUT2D eigenvalue weighted by Crippen LogP contribution is -2.30. The maximum absolute atomic E-state index is 12.4. The molecule has 0 radical (unpaired) electrons. The lowest BCUT2D eigenvalue weighted by Gasteiger charge is -2.17. The molecule has 1 aromatic carbocycles. The molecule has 0 bridgehead atoms. The Bertz CT molecular complexity index is 614. The number of likely N-dealkylation sites (tertiary alicyclic amines) is 1. The Labute approximate surface area is 127 Å². The number of carboxylic acid groups (broad SMARTS) is 1. The van der Waals surface area contributed by atoms with E-state index in [1.165, 1.54) is 0 Å². The Hall–Kier alpha value is -2.57. The zero-order chi connectivity index (χ0) is 15.7. The molecule has 0 aliphatic carbocycles. The van der Waals surface area contributed by atoms with E-state index in [2.05, 4.69) is 5.32 Å². The molecule has 0 aromatic heterocycles. The van der Waals surface area contributed by atoms with Gasteiger partial charge in [-0.25, -0.2) is 4.79 Å². The Kier molecular flexibility index (Phi) is 3.70. The summed E-state index contributed by atoms with van der Waals surface area (Å²) in [6.07, 6.45) is 0.493. The molecule has 2 N–H and O–H groups in total. The molecule has 1 atom stereocenters. The molecule has 2 fully saturated rings. The van der Waals surface area contributed by atoms with Crippen molar-refractivity contribution in [2.24, 2.45) is 5.92 Å². The van der Waals surface area contributed by atoms with Crippen LogP contribution in [0.2, 0.25) is 0 Å². The third kappa shape index (κ3) is 2.61. The van der Waals surface area contributed by atoms with Gasteiger partial charge in [0, 0.05) is 37.4 Å². The van der Waals surface area contributed by atoms with Crippen molar-refractivity contribution >= 4 is 23.6 Å². The van der Waals surface area contributed by atoms with Gasteiger partial charge in [0.1, 0.15) is 0 Å². The number of aliphatic carboxylic acids is 1. The van der Waals surface area contributed by atoms with E-state index in [1.54, 1.807) is 34.1 Å². The van der Waals surface area contributed by atoms with Crippen molar-refractivity contribution < 1.29 is 19.5 Å². The molecule has 2 heterocycles. The highest BCUT2D eigenvalue weighted by atomic mass is 16.4. The summed E-state index contributed by atoms with van der Waals surface area (Å²) in [5.74, 6) is -1.50. The highest BCUT2D eigenvalue weighted by molar-refractivity contribution is 5.97. The fourth-order valence-corrected chi connectivity index (χ4v) is 2.83. The maximum atomic E-state index is 12.4. The van der Waals surface area contributed by atoms with E-state index in [0.717, 1.165) is 5.69 Å². The van der Waals surface area contributed by atoms with Crippen molar-refractivity contribution in [2.75, 3.05) is 31.1 Å². The molecule has 1 unspecified atom stereocenters. The summed E-state index contributed by atoms with van der Waals surface area (Å²) in [5.41, 5.74) is 1.26. The van der Waals surface area contributed by atoms with Crippen molar-refractivity contribution in [1.82, 2.24) is 10.2 Å². The molecule has 0 saturated carbocycles. The summed E-state index contributed by atoms with van der Waals surface area (Å²) in [6, 6.07) is 6.70. The number of urea groups is 1. The molecule has 1 aromatic rings. The maximum Gasteiger partial charge on any atom is 0.321 e. The molecule has 0 spiro atoms. The quantitative estimate of drug-likeness (QED) is 0.862. The van der Waals surface area contributed by atoms with E-state index >= 15 is 0 Å². The molecule has 3 amide bonds. The van der Waals surface area contributed by atoms with Crippen LogP contribution in [0, 0.1) is 5.92 Å². The molecule has 7 heteroatoms. The van der Waals surface area contributed by atoms with Crippen LogP contribution in [0.4, 0.5) is 10.5 Å². The smallest absolute Gasteiger partial charge is 0.321 e. The van der Waals surface area contributed by atoms with Crippen molar-refractivity contribution in [2.45, 2.75) is 6.42 Å². The molecule has 2 aliphatic heterocycles. The van der Waals surface area contributed by atoms with Crippen LogP contribution < -0.4 is 10.2 Å². The normalized spacial score (nSPS) is 21.1. The number of carbonyl (C=O) groups excluding carboxylic acids is 2. The molecule has 116 valence electrons. The minimum Gasteiger partial charge on any atom is -0.481 e. The highest BCUT2D eigenvalue weighted by Crippen LogP contribution is 2.21. The van der Waals surface area contributed by atoms with E-state index < -0.39 is 11.9 Å². The number of carbonyl (C=O) groups is 3. The molecule has 2 saturated heterocycles. The standard InChI is InChI=1S/C15H17N3O4/c19-13(17-7-5-11(9-17)14(20)21)10-1-3-12(4-2-10)18-8-6-16-15(18)22/h1-4,11H,5-9H2,(H,16,22)(H,20,21). The molecular weight excluding hydrogens is 286 g/mol. The minimum atomic E-state index is -0.856. The van der Waals surface area contributed by atoms with Crippen LogP contribution in [0.3, 0.4) is 0 Å². The highest BCUT2D eigenvalue weighted by Gasteiger charge is 2.31. The second kappa shape index (κ2) is 5.67. The first-order valence-electron chi connectivity index (χ1n) is 7.24. The number of hydrogen-bond acceptors (Lipinski definition) is 3. The summed E-state index contributed by atoms with van der Waals surface area (Å²) in [5, 5.41) is 11.7. The summed E-state index contributed by atoms with van der Waals surface area (Å²) < 4.78 is 0. The van der Waals surface area contributed by atoms with Gasteiger partial charge in [-0.15, -0.1) is 0 Å². The Balaban J connectivity index is 1.69. The van der Waals surface area contributed by atoms with Gasteiger partial charge < -0.3 is 15.3 Å². The SMILES string of the molecule is O=C(O)C1CCN(C(=O)c2ccc(N3CCNC3=O)cc2)C1. The minimum absolute atomic E-state index is 0.136. The molecule has 7 nitrogen and oxygen atoms in total. The number of nitrogens with zero attached hydrogens (tertiary/aromatic N) is 2. The van der Waals surface area contributed by atoms with Gasteiger partial charge in [-0.05, 0) is 30.7 Å². The largest absolute Gasteiger partial charge is 0.481 e. The van der Waals surface area contributed by atoms with Gasteiger partial charge >= 0.3 is 12.0 Å². The third-order valence-corrected chi connectivity index (χ3v) is 4.11. The summed E-state index contributed by atoms with van der Waals surface area (Å²) in [7, 11) is 0. The number of amides is 3. The second-order valence-electron chi connectivity index (χ2n) is 5.51. The van der Waals surface area contributed by atoms with Gasteiger partial charge in [0.25, 0.3) is 5.91 Å². The van der Waals surface area contributed by atoms with Gasteiger partial charge in [-0.2, -0.15) is 0 Å². The van der Waals surface area contributed by atoms with E-state index in [1.807, 2.05) is 0 Å². The van der Waals surface area contributed by atoms with Crippen LogP contribution >= 0.6 is 0 Å². The number of carboxylic acids is 1. The topological polar surface area (TPSA) is 89.9 Å². The van der Waals surface area contributed by atoms with Crippen molar-refractivity contribution in [3.63, 3.8) is 0 Å². The lowest BCUT2D eigenvalue weighted by atomic mass is 10.1. The van der Waals surface area contributed by atoms with Gasteiger partial charge in [0.15, 0.2) is 0 Å². The summed E-state index contributed by atoms with van der Waals surface area (Å²) in [6.45, 7) is 1.94. The van der Waals surface area contributed by atoms with E-state index in [0.29, 0.717) is 31.6 Å². The van der Waals surface area contributed by atoms with Gasteiger partial charge in [0.05, 0.1) is 5.92 Å². The Morgan fingerprint density at radius 2 is 1.91 bits per heavy atom. The number of anilines is 1. The summed E-state index contributed by atoms with van der Waals surface area (Å²) in [4.78, 5) is 38.1. The third-order valence-electron chi connectivity index (χ3n) is 4.11. The Morgan fingerprint density at radius 3 is 2.45 bits per heavy atom. The van der Waals surface area contributed by atoms with Gasteiger partial charge in [-0.1, -0.05) is 0 Å². The zero-order valence-corrected chi connectivity index (χ0v) is 12.0. The lowest BCUT2D eigenvalue weighted by molar-refractivity contribution is -0.141. The van der Waals surface area contributed by atoms with Crippen molar-refractivity contribution in [1.29, 1.82) is 0 Å². The zero-order valence-electron chi connectivity index (χ0n) is 12.0. The Morgan fingerprint density at radius 1 is 1.18 bits per heavy atom. The van der Waals surface area contributed by atoms with Crippen LogP contribution in [0.1, 0.15) is 16.8 Å². The average molecular weight is 303 g/mol. The first-order chi connectivity index (χ1) is 10.6. The second-order valence-corrected chi connectivity index (χ2v) is 5.51. The molecule has 3 rings (SSSR count). The number of benzene rings is 1. The predicted molar refractivity (Wildman–Crippen MR) is 78.8 cm³/mol. The summed E-state index contributed by atoms with van der Waals surface area (Å²) >= 11 is 0. The van der Waals surface area contributed by atoms with Crippen molar-refractivity contribution in [3.05, 3.63) is 29.8 Å². The van der Waals surface area contributed by atoms with E-state index in [9.17, 15) is 14.4 Å². The molecule has 22 heavy (non-hydrogen) atoms. The van der Waals surface area contributed by atoms with Gasteiger partial charge in [-0.3, -0.25) is 14.5 Å². The van der Waals surface area contributed by atoms with Crippen LogP contribution in [-0.4, -0.2) is 54.1 Å². The van der Waals surface area contributed by atoms with E-state index in [4.69, 9.17) is 5.11 Å². The van der Waals surface area contributed by atoms with E-state index in [-0.39, 0.29) is 18.5 Å². The predicted octanol–water partition coefficient (Wildman–Crippen LogP) is 0.763. The number of rotatable bonds is 3. The van der Waals surface area contributed by atoms with Gasteiger partial charge in [0.2, 0.25) is 0 Å². The monoisotopic (exact) mass is 303 g/mol. The first kappa shape index (κ1) is 14.4. The molecule has 2 aliphatic rings.